The average Bonchev–Trinajstić information content (AvgIpc) is 2.98. The van der Waals surface area contributed by atoms with Crippen molar-refractivity contribution in [1.82, 2.24) is 19.6 Å². The molecule has 96 valence electrons. The minimum atomic E-state index is -0.274. The number of carbonyl (C=O) groups excluding carboxylic acids is 1. The van der Waals surface area contributed by atoms with Gasteiger partial charge in [0.15, 0.2) is 0 Å². The Morgan fingerprint density at radius 3 is 2.94 bits per heavy atom. The van der Waals surface area contributed by atoms with E-state index in [1.54, 1.807) is 24.2 Å². The van der Waals surface area contributed by atoms with Crippen molar-refractivity contribution in [2.45, 2.75) is 26.4 Å². The molecule has 0 unspecified atom stereocenters. The number of rotatable bonds is 4. The molecule has 2 aromatic heterocycles. The first-order valence-corrected chi connectivity index (χ1v) is 5.73. The van der Waals surface area contributed by atoms with Gasteiger partial charge in [0.1, 0.15) is 23.8 Å². The largest absolute Gasteiger partial charge is 0.364 e. The van der Waals surface area contributed by atoms with Crippen LogP contribution in [0.15, 0.2) is 29.2 Å². The van der Waals surface area contributed by atoms with Crippen LogP contribution >= 0.6 is 0 Å². The van der Waals surface area contributed by atoms with E-state index < -0.39 is 0 Å². The molecule has 2 heterocycles. The summed E-state index contributed by atoms with van der Waals surface area (Å²) >= 11 is 0. The quantitative estimate of drug-likeness (QED) is 0.820. The van der Waals surface area contributed by atoms with E-state index in [-0.39, 0.29) is 11.9 Å². The van der Waals surface area contributed by atoms with Crippen molar-refractivity contribution in [1.29, 1.82) is 0 Å². The first kappa shape index (κ1) is 12.3. The smallest absolute Gasteiger partial charge is 0.245 e. The average molecular weight is 248 g/mol. The van der Waals surface area contributed by atoms with E-state index in [1.165, 1.54) is 6.26 Å². The summed E-state index contributed by atoms with van der Waals surface area (Å²) in [4.78, 5) is 18.0. The van der Waals surface area contributed by atoms with Gasteiger partial charge in [-0.1, -0.05) is 5.16 Å². The second-order valence-corrected chi connectivity index (χ2v) is 4.24. The van der Waals surface area contributed by atoms with Crippen molar-refractivity contribution in [3.63, 3.8) is 0 Å². The van der Waals surface area contributed by atoms with Crippen LogP contribution < -0.4 is 0 Å². The van der Waals surface area contributed by atoms with Gasteiger partial charge >= 0.3 is 0 Å². The van der Waals surface area contributed by atoms with Crippen LogP contribution in [0.5, 0.6) is 0 Å². The Balaban J connectivity index is 2.05. The molecule has 18 heavy (non-hydrogen) atoms. The molecule has 1 amide bonds. The SMILES string of the molecule is Cc1nccn1[C@H](C)C(=O)N(C)Cc1ccon1. The maximum absolute atomic E-state index is 12.2. The van der Waals surface area contributed by atoms with Crippen LogP contribution in [-0.4, -0.2) is 32.6 Å². The second kappa shape index (κ2) is 5.03. The van der Waals surface area contributed by atoms with Crippen molar-refractivity contribution in [3.05, 3.63) is 36.2 Å². The summed E-state index contributed by atoms with van der Waals surface area (Å²) in [6.07, 6.45) is 5.00. The van der Waals surface area contributed by atoms with Crippen molar-refractivity contribution >= 4 is 5.91 Å². The van der Waals surface area contributed by atoms with Gasteiger partial charge in [0, 0.05) is 25.5 Å². The van der Waals surface area contributed by atoms with E-state index in [9.17, 15) is 4.79 Å². The highest BCUT2D eigenvalue weighted by molar-refractivity contribution is 5.79. The van der Waals surface area contributed by atoms with E-state index in [2.05, 4.69) is 10.1 Å². The predicted octanol–water partition coefficient (Wildman–Crippen LogP) is 1.40. The Kier molecular flexibility index (Phi) is 3.45. The zero-order chi connectivity index (χ0) is 13.1. The number of aromatic nitrogens is 3. The maximum atomic E-state index is 12.2. The van der Waals surface area contributed by atoms with Crippen LogP contribution in [0.2, 0.25) is 0 Å². The summed E-state index contributed by atoms with van der Waals surface area (Å²) in [5.74, 6) is 0.838. The van der Waals surface area contributed by atoms with E-state index in [0.717, 1.165) is 11.5 Å². The molecule has 0 aliphatic carbocycles. The maximum Gasteiger partial charge on any atom is 0.245 e. The van der Waals surface area contributed by atoms with Crippen molar-refractivity contribution in [2.24, 2.45) is 0 Å². The molecule has 2 aromatic rings. The summed E-state index contributed by atoms with van der Waals surface area (Å²) in [6, 6.07) is 1.47. The molecule has 0 aromatic carbocycles. The van der Waals surface area contributed by atoms with Crippen LogP contribution in [0.25, 0.3) is 0 Å². The van der Waals surface area contributed by atoms with Crippen LogP contribution in [-0.2, 0) is 11.3 Å². The van der Waals surface area contributed by atoms with Crippen LogP contribution in [0, 0.1) is 6.92 Å². The summed E-state index contributed by atoms with van der Waals surface area (Å²) in [5.41, 5.74) is 0.736. The Bertz CT molecular complexity index is 518. The third-order valence-electron chi connectivity index (χ3n) is 2.90. The van der Waals surface area contributed by atoms with Gasteiger partial charge in [0.25, 0.3) is 0 Å². The lowest BCUT2D eigenvalue weighted by Crippen LogP contribution is -2.33. The third kappa shape index (κ3) is 2.42. The molecule has 6 heteroatoms. The lowest BCUT2D eigenvalue weighted by Gasteiger charge is -2.22. The summed E-state index contributed by atoms with van der Waals surface area (Å²) < 4.78 is 6.59. The van der Waals surface area contributed by atoms with Crippen LogP contribution in [0.4, 0.5) is 0 Å². The van der Waals surface area contributed by atoms with E-state index in [1.807, 2.05) is 24.6 Å². The second-order valence-electron chi connectivity index (χ2n) is 4.24. The minimum Gasteiger partial charge on any atom is -0.364 e. The Hall–Kier alpha value is -2.11. The number of hydrogen-bond donors (Lipinski definition) is 0. The molecule has 0 radical (unpaired) electrons. The van der Waals surface area contributed by atoms with Gasteiger partial charge < -0.3 is 14.0 Å². The molecular weight excluding hydrogens is 232 g/mol. The molecule has 0 fully saturated rings. The lowest BCUT2D eigenvalue weighted by molar-refractivity contribution is -0.133. The molecule has 0 aliphatic rings. The van der Waals surface area contributed by atoms with E-state index in [4.69, 9.17) is 4.52 Å². The van der Waals surface area contributed by atoms with E-state index in [0.29, 0.717) is 6.54 Å². The molecule has 0 saturated heterocycles. The van der Waals surface area contributed by atoms with Crippen molar-refractivity contribution in [3.8, 4) is 0 Å². The highest BCUT2D eigenvalue weighted by atomic mass is 16.5. The van der Waals surface area contributed by atoms with Gasteiger partial charge in [-0.25, -0.2) is 4.98 Å². The van der Waals surface area contributed by atoms with Gasteiger partial charge in [-0.05, 0) is 13.8 Å². The molecule has 0 saturated carbocycles. The molecule has 0 spiro atoms. The summed E-state index contributed by atoms with van der Waals surface area (Å²) in [6.45, 7) is 4.17. The number of hydrogen-bond acceptors (Lipinski definition) is 4. The van der Waals surface area contributed by atoms with Crippen molar-refractivity contribution < 1.29 is 9.32 Å². The number of carbonyl (C=O) groups is 1. The number of imidazole rings is 1. The standard InChI is InChI=1S/C12H16N4O2/c1-9(16-6-5-13-10(16)2)12(17)15(3)8-11-4-7-18-14-11/h4-7,9H,8H2,1-3H3/t9-/m1/s1. The predicted molar refractivity (Wildman–Crippen MR) is 64.7 cm³/mol. The van der Waals surface area contributed by atoms with E-state index >= 15 is 0 Å². The summed E-state index contributed by atoms with van der Waals surface area (Å²) in [5, 5.41) is 3.79. The number of amides is 1. The number of aryl methyl sites for hydroxylation is 1. The molecule has 2 rings (SSSR count). The van der Waals surface area contributed by atoms with Crippen LogP contribution in [0.1, 0.15) is 24.5 Å². The fraction of sp³-hybridized carbons (Fsp3) is 0.417. The summed E-state index contributed by atoms with van der Waals surface area (Å²) in [7, 11) is 1.75. The van der Waals surface area contributed by atoms with Gasteiger partial charge in [0.05, 0.1) is 6.54 Å². The molecule has 0 aliphatic heterocycles. The molecule has 1 atom stereocenters. The topological polar surface area (TPSA) is 64.2 Å². The van der Waals surface area contributed by atoms with Crippen LogP contribution in [0.3, 0.4) is 0 Å². The minimum absolute atomic E-state index is 0.0131. The molecule has 6 nitrogen and oxygen atoms in total. The molecule has 0 N–H and O–H groups in total. The number of nitrogens with zero attached hydrogens (tertiary/aromatic N) is 4. The first-order valence-electron chi connectivity index (χ1n) is 5.73. The fourth-order valence-electron chi connectivity index (χ4n) is 1.87. The zero-order valence-electron chi connectivity index (χ0n) is 10.7. The molecular formula is C12H16N4O2. The monoisotopic (exact) mass is 248 g/mol. The highest BCUT2D eigenvalue weighted by Gasteiger charge is 2.20. The van der Waals surface area contributed by atoms with Gasteiger partial charge in [0.2, 0.25) is 5.91 Å². The van der Waals surface area contributed by atoms with Crippen molar-refractivity contribution in [2.75, 3.05) is 7.05 Å². The van der Waals surface area contributed by atoms with Gasteiger partial charge in [-0.3, -0.25) is 4.79 Å². The third-order valence-corrected chi connectivity index (χ3v) is 2.90. The van der Waals surface area contributed by atoms with Gasteiger partial charge in [-0.15, -0.1) is 0 Å². The number of likely N-dealkylation sites (N-methyl/N-ethyl adjacent to an activating group) is 1. The normalized spacial score (nSPS) is 12.4. The fourth-order valence-corrected chi connectivity index (χ4v) is 1.87. The lowest BCUT2D eigenvalue weighted by atomic mass is 10.2. The highest BCUT2D eigenvalue weighted by Crippen LogP contribution is 2.13. The molecule has 0 bridgehead atoms. The first-order chi connectivity index (χ1) is 8.59. The van der Waals surface area contributed by atoms with Gasteiger partial charge in [-0.2, -0.15) is 0 Å². The Labute approximate surface area is 105 Å². The zero-order valence-corrected chi connectivity index (χ0v) is 10.7. The Morgan fingerprint density at radius 2 is 2.39 bits per heavy atom. The Morgan fingerprint density at radius 1 is 1.61 bits per heavy atom.